The largest absolute Gasteiger partial charge is 0.497 e. The van der Waals surface area contributed by atoms with Crippen LogP contribution < -0.4 is 15.1 Å². The lowest BCUT2D eigenvalue weighted by atomic mass is 9.74. The van der Waals surface area contributed by atoms with E-state index >= 15 is 0 Å². The first-order valence-corrected chi connectivity index (χ1v) is 13.5. The minimum absolute atomic E-state index is 0.0516. The van der Waals surface area contributed by atoms with Crippen LogP contribution in [-0.4, -0.2) is 14.2 Å². The van der Waals surface area contributed by atoms with Gasteiger partial charge in [0.25, 0.3) is 0 Å². The van der Waals surface area contributed by atoms with Gasteiger partial charge in [0, 0.05) is 18.1 Å². The quantitative estimate of drug-likeness (QED) is 0.474. The number of nitrogens with one attached hydrogen (secondary N) is 1. The summed E-state index contributed by atoms with van der Waals surface area (Å²) < 4.78 is 11.3. The normalized spacial score (nSPS) is 14.8. The van der Waals surface area contributed by atoms with E-state index in [0.29, 0.717) is 0 Å². The van der Waals surface area contributed by atoms with Gasteiger partial charge in [0.15, 0.2) is 6.42 Å². The van der Waals surface area contributed by atoms with Gasteiger partial charge in [-0.3, -0.25) is 0 Å². The summed E-state index contributed by atoms with van der Waals surface area (Å²) in [6.07, 6.45) is -2.53. The molecule has 0 unspecified atom stereocenters. The average molecular weight is 462 g/mol. The molecule has 172 valence electrons. The number of benzene rings is 2. The predicted octanol–water partition coefficient (Wildman–Crippen LogP) is 7.28. The van der Waals surface area contributed by atoms with Crippen molar-refractivity contribution in [3.05, 3.63) is 53.1 Å². The molecule has 0 heterocycles. The van der Waals surface area contributed by atoms with Crippen LogP contribution in [0.5, 0.6) is 5.75 Å². The summed E-state index contributed by atoms with van der Waals surface area (Å²) in [7, 11) is 3.37. The molecule has 0 aliphatic carbocycles. The molecular weight excluding hydrogens is 421 g/mol. The molecule has 3 nitrogen and oxygen atoms in total. The topological polar surface area (TPSA) is 30.5 Å². The Labute approximate surface area is 195 Å². The van der Waals surface area contributed by atoms with E-state index in [1.54, 1.807) is 14.2 Å². The molecule has 1 N–H and O–H groups in total. The van der Waals surface area contributed by atoms with Gasteiger partial charge >= 0.3 is 0 Å². The van der Waals surface area contributed by atoms with Gasteiger partial charge in [-0.2, -0.15) is 0 Å². The van der Waals surface area contributed by atoms with E-state index in [1.165, 1.54) is 16.7 Å². The van der Waals surface area contributed by atoms with Gasteiger partial charge in [0.05, 0.1) is 7.11 Å². The van der Waals surface area contributed by atoms with Crippen molar-refractivity contribution in [1.82, 2.24) is 0 Å². The van der Waals surface area contributed by atoms with Crippen LogP contribution >= 0.6 is 6.42 Å². The fourth-order valence-electron chi connectivity index (χ4n) is 3.52. The molecule has 0 bridgehead atoms. The number of anilines is 1. The summed E-state index contributed by atoms with van der Waals surface area (Å²) in [5, 5.41) is 4.73. The zero-order valence-corrected chi connectivity index (χ0v) is 22.8. The third kappa shape index (κ3) is 5.92. The summed E-state index contributed by atoms with van der Waals surface area (Å²) in [5.41, 5.74) is 4.91. The van der Waals surface area contributed by atoms with Crippen LogP contribution in [0.25, 0.3) is 0 Å². The van der Waals surface area contributed by atoms with Crippen LogP contribution in [0.4, 0.5) is 5.69 Å². The highest BCUT2D eigenvalue weighted by Crippen LogP contribution is 2.51. The summed E-state index contributed by atoms with van der Waals surface area (Å²) in [6, 6.07) is 12.6. The lowest BCUT2D eigenvalue weighted by Gasteiger charge is -2.36. The van der Waals surface area contributed by atoms with E-state index in [-0.39, 0.29) is 16.2 Å². The van der Waals surface area contributed by atoms with Gasteiger partial charge in [-0.05, 0) is 69.0 Å². The second kappa shape index (κ2) is 8.89. The van der Waals surface area contributed by atoms with Gasteiger partial charge in [0.2, 0.25) is 0 Å². The fraction of sp³-hybridized carbons (Fsp3) is 0.538. The minimum atomic E-state index is -2.53. The highest BCUT2D eigenvalue weighted by Gasteiger charge is 2.32. The molecule has 0 aliphatic rings. The van der Waals surface area contributed by atoms with Gasteiger partial charge in [-0.1, -0.05) is 74.4 Å². The summed E-state index contributed by atoms with van der Waals surface area (Å²) in [4.78, 5) is 0. The lowest BCUT2D eigenvalue weighted by molar-refractivity contribution is 0.415. The standard InChI is InChI=1S/C26H40NO2PS/c1-24(2,3)18-16-21(25(4,5)6)23(22(17-18)26(7,8)9)27-30(31,29-11)20-14-12-19(28-10)13-15-20/h12-17H,1-11H3,(H,27,31)/t30-/m1/s1. The van der Waals surface area contributed by atoms with Crippen LogP contribution in [0.1, 0.15) is 79.0 Å². The summed E-state index contributed by atoms with van der Waals surface area (Å²) in [5.74, 6) is 0.807. The van der Waals surface area contributed by atoms with E-state index in [4.69, 9.17) is 21.1 Å². The molecule has 2 aromatic carbocycles. The van der Waals surface area contributed by atoms with Crippen molar-refractivity contribution in [3.63, 3.8) is 0 Å². The summed E-state index contributed by atoms with van der Waals surface area (Å²) >= 11 is 6.14. The second-order valence-electron chi connectivity index (χ2n) is 11.2. The average Bonchev–Trinajstić information content (AvgIpc) is 2.65. The smallest absolute Gasteiger partial charge is 0.183 e. The third-order valence-electron chi connectivity index (χ3n) is 5.55. The van der Waals surface area contributed by atoms with Crippen molar-refractivity contribution < 1.29 is 9.26 Å². The van der Waals surface area contributed by atoms with Crippen LogP contribution in [0.15, 0.2) is 36.4 Å². The lowest BCUT2D eigenvalue weighted by Crippen LogP contribution is -2.25. The Morgan fingerprint density at radius 3 is 1.52 bits per heavy atom. The Hall–Kier alpha value is -1.35. The second-order valence-corrected chi connectivity index (χ2v) is 15.0. The van der Waals surface area contributed by atoms with E-state index in [9.17, 15) is 0 Å². The minimum Gasteiger partial charge on any atom is -0.497 e. The molecular formula is C26H40NO2PS. The van der Waals surface area contributed by atoms with E-state index in [2.05, 4.69) is 79.5 Å². The summed E-state index contributed by atoms with van der Waals surface area (Å²) in [6.45, 7) is 20.4. The maximum atomic E-state index is 6.14. The number of rotatable bonds is 5. The van der Waals surface area contributed by atoms with Crippen molar-refractivity contribution in [2.75, 3.05) is 19.3 Å². The molecule has 0 fully saturated rings. The number of methoxy groups -OCH3 is 1. The van der Waals surface area contributed by atoms with Crippen LogP contribution in [0, 0.1) is 0 Å². The van der Waals surface area contributed by atoms with Crippen molar-refractivity contribution >= 4 is 29.2 Å². The maximum Gasteiger partial charge on any atom is 0.183 e. The first kappa shape index (κ1) is 25.9. The van der Waals surface area contributed by atoms with Crippen molar-refractivity contribution in [1.29, 1.82) is 0 Å². The van der Waals surface area contributed by atoms with E-state index in [1.807, 2.05) is 24.3 Å². The van der Waals surface area contributed by atoms with Gasteiger partial charge in [-0.15, -0.1) is 0 Å². The molecule has 0 amide bonds. The molecule has 0 saturated heterocycles. The monoisotopic (exact) mass is 461 g/mol. The van der Waals surface area contributed by atoms with Gasteiger partial charge in [0.1, 0.15) is 5.75 Å². The molecule has 0 aliphatic heterocycles. The Balaban J connectivity index is 2.79. The van der Waals surface area contributed by atoms with Gasteiger partial charge < -0.3 is 14.3 Å². The molecule has 0 aromatic heterocycles. The van der Waals surface area contributed by atoms with Crippen LogP contribution in [0.2, 0.25) is 0 Å². The Kier molecular flexibility index (Phi) is 7.43. The molecule has 0 spiro atoms. The zero-order chi connectivity index (χ0) is 23.8. The van der Waals surface area contributed by atoms with Crippen molar-refractivity contribution in [3.8, 4) is 5.75 Å². The first-order valence-electron chi connectivity index (χ1n) is 10.8. The molecule has 1 atom stereocenters. The first-order chi connectivity index (χ1) is 14.0. The van der Waals surface area contributed by atoms with Crippen molar-refractivity contribution in [2.45, 2.75) is 78.6 Å². The van der Waals surface area contributed by atoms with E-state index in [0.717, 1.165) is 16.7 Å². The molecule has 2 aromatic rings. The predicted molar refractivity (Wildman–Crippen MR) is 140 cm³/mol. The Bertz CT molecular complexity index is 926. The van der Waals surface area contributed by atoms with Crippen LogP contribution in [-0.2, 0) is 32.6 Å². The number of hydrogen-bond acceptors (Lipinski definition) is 3. The number of hydrogen-bond donors (Lipinski definition) is 1. The molecule has 0 saturated carbocycles. The Morgan fingerprint density at radius 2 is 1.19 bits per heavy atom. The number of ether oxygens (including phenoxy) is 1. The molecule has 2 rings (SSSR count). The third-order valence-corrected chi connectivity index (χ3v) is 8.91. The fourth-order valence-corrected chi connectivity index (χ4v) is 5.67. The highest BCUT2D eigenvalue weighted by atomic mass is 32.4. The maximum absolute atomic E-state index is 6.14. The molecule has 0 radical (unpaired) electrons. The highest BCUT2D eigenvalue weighted by molar-refractivity contribution is 8.16. The zero-order valence-electron chi connectivity index (χ0n) is 21.1. The van der Waals surface area contributed by atoms with Gasteiger partial charge in [-0.25, -0.2) is 0 Å². The van der Waals surface area contributed by atoms with Crippen LogP contribution in [0.3, 0.4) is 0 Å². The Morgan fingerprint density at radius 1 is 0.742 bits per heavy atom. The SMILES string of the molecule is COc1ccc([P@@](=S)(Nc2c(C(C)(C)C)cc(C(C)(C)C)cc2C(C)(C)C)OC)cc1. The van der Waals surface area contributed by atoms with Crippen molar-refractivity contribution in [2.24, 2.45) is 0 Å². The molecule has 31 heavy (non-hydrogen) atoms. The van der Waals surface area contributed by atoms with E-state index < -0.39 is 6.42 Å². The molecule has 5 heteroatoms.